The van der Waals surface area contributed by atoms with Gasteiger partial charge < -0.3 is 10.2 Å². The SMILES string of the molecule is CC(C)(C)NCc1ccc(N(CC2CC2)C2CC2)cc1Br. The standard InChI is InChI=1S/C18H27BrN2/c1-18(2,3)20-11-14-6-7-16(10-17(14)19)21(15-8-9-15)12-13-4-5-13/h6-7,10,13,15,20H,4-5,8-9,11-12H2,1-3H3. The molecule has 2 aliphatic rings. The summed E-state index contributed by atoms with van der Waals surface area (Å²) in [6.07, 6.45) is 5.60. The molecule has 2 saturated carbocycles. The maximum absolute atomic E-state index is 3.77. The molecule has 1 aromatic carbocycles. The first-order valence-electron chi connectivity index (χ1n) is 8.22. The molecule has 0 atom stereocenters. The summed E-state index contributed by atoms with van der Waals surface area (Å²) in [6, 6.07) is 7.71. The van der Waals surface area contributed by atoms with Gasteiger partial charge in [0.25, 0.3) is 0 Å². The summed E-state index contributed by atoms with van der Waals surface area (Å²) < 4.78 is 1.23. The highest BCUT2D eigenvalue weighted by atomic mass is 79.9. The Kier molecular flexibility index (Phi) is 4.33. The van der Waals surface area contributed by atoms with Crippen LogP contribution in [0.4, 0.5) is 5.69 Å². The molecule has 0 radical (unpaired) electrons. The second-order valence-corrected chi connectivity index (χ2v) is 8.56. The van der Waals surface area contributed by atoms with Gasteiger partial charge in [-0.1, -0.05) is 22.0 Å². The lowest BCUT2D eigenvalue weighted by Crippen LogP contribution is -2.35. The number of benzene rings is 1. The Morgan fingerprint density at radius 3 is 2.43 bits per heavy atom. The number of rotatable bonds is 6. The van der Waals surface area contributed by atoms with Crippen LogP contribution >= 0.6 is 15.9 Å². The lowest BCUT2D eigenvalue weighted by atomic mass is 10.1. The third-order valence-electron chi connectivity index (χ3n) is 4.32. The number of nitrogens with one attached hydrogen (secondary N) is 1. The zero-order valence-corrected chi connectivity index (χ0v) is 15.0. The van der Waals surface area contributed by atoms with Crippen molar-refractivity contribution >= 4 is 21.6 Å². The minimum absolute atomic E-state index is 0.157. The fraction of sp³-hybridized carbons (Fsp3) is 0.667. The van der Waals surface area contributed by atoms with Crippen LogP contribution in [0.5, 0.6) is 0 Å². The Morgan fingerprint density at radius 2 is 1.90 bits per heavy atom. The van der Waals surface area contributed by atoms with E-state index in [-0.39, 0.29) is 5.54 Å². The first-order chi connectivity index (χ1) is 9.92. The van der Waals surface area contributed by atoms with Crippen molar-refractivity contribution in [3.05, 3.63) is 28.2 Å². The molecule has 0 spiro atoms. The van der Waals surface area contributed by atoms with Gasteiger partial charge in [0.15, 0.2) is 0 Å². The third-order valence-corrected chi connectivity index (χ3v) is 5.06. The zero-order valence-electron chi connectivity index (χ0n) is 13.5. The molecule has 2 nitrogen and oxygen atoms in total. The van der Waals surface area contributed by atoms with E-state index in [1.165, 1.54) is 48.0 Å². The molecule has 2 fully saturated rings. The molecular weight excluding hydrogens is 324 g/mol. The molecule has 0 aromatic heterocycles. The molecule has 1 aromatic rings. The van der Waals surface area contributed by atoms with E-state index in [4.69, 9.17) is 0 Å². The molecule has 116 valence electrons. The highest BCUT2D eigenvalue weighted by Gasteiger charge is 2.33. The molecule has 3 heteroatoms. The second kappa shape index (κ2) is 5.92. The Balaban J connectivity index is 1.69. The van der Waals surface area contributed by atoms with E-state index in [0.29, 0.717) is 0 Å². The van der Waals surface area contributed by atoms with E-state index in [2.05, 4.69) is 65.1 Å². The summed E-state index contributed by atoms with van der Waals surface area (Å²) in [5.41, 5.74) is 2.90. The smallest absolute Gasteiger partial charge is 0.0380 e. The van der Waals surface area contributed by atoms with Gasteiger partial charge in [-0.05, 0) is 70.1 Å². The molecule has 0 amide bonds. The van der Waals surface area contributed by atoms with Crippen LogP contribution in [0.25, 0.3) is 0 Å². The van der Waals surface area contributed by atoms with Crippen LogP contribution in [-0.4, -0.2) is 18.1 Å². The van der Waals surface area contributed by atoms with Gasteiger partial charge in [-0.2, -0.15) is 0 Å². The summed E-state index contributed by atoms with van der Waals surface area (Å²) in [5.74, 6) is 0.951. The molecule has 3 rings (SSSR count). The predicted molar refractivity (Wildman–Crippen MR) is 93.8 cm³/mol. The number of hydrogen-bond acceptors (Lipinski definition) is 2. The van der Waals surface area contributed by atoms with Crippen molar-refractivity contribution in [2.24, 2.45) is 5.92 Å². The number of hydrogen-bond donors (Lipinski definition) is 1. The van der Waals surface area contributed by atoms with Crippen LogP contribution in [0, 0.1) is 5.92 Å². The van der Waals surface area contributed by atoms with Gasteiger partial charge in [-0.3, -0.25) is 0 Å². The summed E-state index contributed by atoms with van der Waals surface area (Å²) in [7, 11) is 0. The average molecular weight is 351 g/mol. The molecular formula is C18H27BrN2. The van der Waals surface area contributed by atoms with Crippen molar-refractivity contribution < 1.29 is 0 Å². The fourth-order valence-corrected chi connectivity index (χ4v) is 3.16. The monoisotopic (exact) mass is 350 g/mol. The summed E-state index contributed by atoms with van der Waals surface area (Å²) in [4.78, 5) is 2.64. The van der Waals surface area contributed by atoms with E-state index < -0.39 is 0 Å². The van der Waals surface area contributed by atoms with Crippen molar-refractivity contribution in [3.8, 4) is 0 Å². The molecule has 0 unspecified atom stereocenters. The van der Waals surface area contributed by atoms with Crippen molar-refractivity contribution in [3.63, 3.8) is 0 Å². The molecule has 2 aliphatic carbocycles. The number of nitrogens with zero attached hydrogens (tertiary/aromatic N) is 1. The van der Waals surface area contributed by atoms with Gasteiger partial charge >= 0.3 is 0 Å². The van der Waals surface area contributed by atoms with Gasteiger partial charge in [0.05, 0.1) is 0 Å². The van der Waals surface area contributed by atoms with Crippen LogP contribution < -0.4 is 10.2 Å². The molecule has 0 aliphatic heterocycles. The van der Waals surface area contributed by atoms with Gasteiger partial charge in [-0.25, -0.2) is 0 Å². The molecule has 0 heterocycles. The number of anilines is 1. The van der Waals surface area contributed by atoms with Crippen LogP contribution in [0.2, 0.25) is 0 Å². The van der Waals surface area contributed by atoms with Crippen LogP contribution in [0.15, 0.2) is 22.7 Å². The van der Waals surface area contributed by atoms with Crippen LogP contribution in [0.1, 0.15) is 52.0 Å². The minimum Gasteiger partial charge on any atom is -0.368 e. The molecule has 1 N–H and O–H groups in total. The first kappa shape index (κ1) is 15.4. The van der Waals surface area contributed by atoms with Crippen molar-refractivity contribution in [2.45, 2.75) is 64.6 Å². The zero-order chi connectivity index (χ0) is 15.0. The molecule has 0 bridgehead atoms. The fourth-order valence-electron chi connectivity index (χ4n) is 2.65. The Bertz CT molecular complexity index is 498. The quantitative estimate of drug-likeness (QED) is 0.798. The predicted octanol–water partition coefficient (Wildman–Crippen LogP) is 4.72. The normalized spacial score (nSPS) is 18.9. The van der Waals surface area contributed by atoms with E-state index in [9.17, 15) is 0 Å². The average Bonchev–Trinajstić information content (AvgIpc) is 3.24. The van der Waals surface area contributed by atoms with Gasteiger partial charge in [0.1, 0.15) is 0 Å². The lowest BCUT2D eigenvalue weighted by Gasteiger charge is -2.26. The topological polar surface area (TPSA) is 15.3 Å². The van der Waals surface area contributed by atoms with Crippen LogP contribution in [0.3, 0.4) is 0 Å². The van der Waals surface area contributed by atoms with E-state index >= 15 is 0 Å². The summed E-state index contributed by atoms with van der Waals surface area (Å²) in [6.45, 7) is 8.80. The summed E-state index contributed by atoms with van der Waals surface area (Å²) in [5, 5.41) is 3.56. The van der Waals surface area contributed by atoms with Crippen molar-refractivity contribution in [2.75, 3.05) is 11.4 Å². The lowest BCUT2D eigenvalue weighted by molar-refractivity contribution is 0.424. The van der Waals surface area contributed by atoms with Gasteiger partial charge in [0, 0.05) is 34.8 Å². The highest BCUT2D eigenvalue weighted by Crippen LogP contribution is 2.38. The minimum atomic E-state index is 0.157. The van der Waals surface area contributed by atoms with Crippen LogP contribution in [-0.2, 0) is 6.54 Å². The van der Waals surface area contributed by atoms with E-state index in [1.807, 2.05) is 0 Å². The molecule has 21 heavy (non-hydrogen) atoms. The maximum Gasteiger partial charge on any atom is 0.0380 e. The first-order valence-corrected chi connectivity index (χ1v) is 9.02. The van der Waals surface area contributed by atoms with Gasteiger partial charge in [-0.15, -0.1) is 0 Å². The largest absolute Gasteiger partial charge is 0.368 e. The second-order valence-electron chi connectivity index (χ2n) is 7.71. The van der Waals surface area contributed by atoms with Gasteiger partial charge in [0.2, 0.25) is 0 Å². The number of halogens is 1. The third kappa shape index (κ3) is 4.46. The van der Waals surface area contributed by atoms with E-state index in [0.717, 1.165) is 18.5 Å². The molecule has 0 saturated heterocycles. The summed E-state index contributed by atoms with van der Waals surface area (Å²) >= 11 is 3.77. The van der Waals surface area contributed by atoms with Crippen molar-refractivity contribution in [1.29, 1.82) is 0 Å². The van der Waals surface area contributed by atoms with E-state index in [1.54, 1.807) is 0 Å². The maximum atomic E-state index is 3.77. The Hall–Kier alpha value is -0.540. The highest BCUT2D eigenvalue weighted by molar-refractivity contribution is 9.10. The van der Waals surface area contributed by atoms with Crippen molar-refractivity contribution in [1.82, 2.24) is 5.32 Å². The Morgan fingerprint density at radius 1 is 1.19 bits per heavy atom. The Labute approximate surface area is 137 Å².